The highest BCUT2D eigenvalue weighted by Gasteiger charge is 2.29. The third kappa shape index (κ3) is 5.36. The van der Waals surface area contributed by atoms with E-state index in [9.17, 15) is 9.59 Å². The minimum Gasteiger partial charge on any atom is -0.480 e. The number of rotatable bonds is 8. The zero-order valence-corrected chi connectivity index (χ0v) is 12.3. The van der Waals surface area contributed by atoms with E-state index in [-0.39, 0.29) is 25.2 Å². The molecule has 1 aliphatic carbocycles. The molecular formula is C14H26N2O4. The van der Waals surface area contributed by atoms with Crippen molar-refractivity contribution < 1.29 is 19.8 Å². The Kier molecular flexibility index (Phi) is 7.36. The molecule has 1 saturated carbocycles. The largest absolute Gasteiger partial charge is 0.480 e. The molecule has 1 fully saturated rings. The maximum atomic E-state index is 12.4. The third-order valence-corrected chi connectivity index (χ3v) is 3.79. The summed E-state index contributed by atoms with van der Waals surface area (Å²) in [4.78, 5) is 26.4. The summed E-state index contributed by atoms with van der Waals surface area (Å²) >= 11 is 0. The fourth-order valence-corrected chi connectivity index (χ4v) is 2.67. The number of carboxylic acids is 1. The van der Waals surface area contributed by atoms with Gasteiger partial charge in [-0.25, -0.2) is 4.79 Å². The van der Waals surface area contributed by atoms with Crippen LogP contribution in [0.25, 0.3) is 0 Å². The fraction of sp³-hybridized carbons (Fsp3) is 0.857. The highest BCUT2D eigenvalue weighted by molar-refractivity contribution is 5.80. The Hall–Kier alpha value is -1.30. The molecule has 20 heavy (non-hydrogen) atoms. The third-order valence-electron chi connectivity index (χ3n) is 3.79. The van der Waals surface area contributed by atoms with Gasteiger partial charge in [0.2, 0.25) is 0 Å². The Morgan fingerprint density at radius 1 is 1.15 bits per heavy atom. The van der Waals surface area contributed by atoms with E-state index >= 15 is 0 Å². The van der Waals surface area contributed by atoms with E-state index in [1.165, 1.54) is 4.90 Å². The van der Waals surface area contributed by atoms with E-state index in [2.05, 4.69) is 0 Å². The lowest BCUT2D eigenvalue weighted by Crippen LogP contribution is -2.48. The van der Waals surface area contributed by atoms with Gasteiger partial charge >= 0.3 is 12.0 Å². The second-order valence-corrected chi connectivity index (χ2v) is 5.45. The Morgan fingerprint density at radius 2 is 1.80 bits per heavy atom. The summed E-state index contributed by atoms with van der Waals surface area (Å²) in [5, 5.41) is 17.7. The summed E-state index contributed by atoms with van der Waals surface area (Å²) < 4.78 is 0. The summed E-state index contributed by atoms with van der Waals surface area (Å²) in [6, 6.07) is -0.123. The summed E-state index contributed by atoms with van der Waals surface area (Å²) in [5.74, 6) is -0.959. The molecule has 6 nitrogen and oxygen atoms in total. The minimum absolute atomic E-state index is 0.0680. The van der Waals surface area contributed by atoms with E-state index in [0.717, 1.165) is 44.9 Å². The zero-order chi connectivity index (χ0) is 15.0. The van der Waals surface area contributed by atoms with E-state index in [1.54, 1.807) is 11.9 Å². The quantitative estimate of drug-likeness (QED) is 0.663. The Balaban J connectivity index is 2.50. The van der Waals surface area contributed by atoms with Gasteiger partial charge in [0, 0.05) is 26.2 Å². The van der Waals surface area contributed by atoms with Crippen LogP contribution in [0.1, 0.15) is 44.9 Å². The number of carbonyl (C=O) groups is 2. The molecule has 2 N–H and O–H groups in total. The van der Waals surface area contributed by atoms with Crippen LogP contribution in [-0.4, -0.2) is 64.8 Å². The van der Waals surface area contributed by atoms with E-state index in [1.807, 2.05) is 0 Å². The summed E-state index contributed by atoms with van der Waals surface area (Å²) in [5.41, 5.74) is 0. The summed E-state index contributed by atoms with van der Waals surface area (Å²) in [7, 11) is 1.71. The smallest absolute Gasteiger partial charge is 0.323 e. The van der Waals surface area contributed by atoms with E-state index in [4.69, 9.17) is 10.2 Å². The number of hydrogen-bond acceptors (Lipinski definition) is 3. The van der Waals surface area contributed by atoms with Crippen molar-refractivity contribution in [2.24, 2.45) is 0 Å². The molecule has 0 saturated heterocycles. The summed E-state index contributed by atoms with van der Waals surface area (Å²) in [6.45, 7) is 0.553. The molecule has 0 unspecified atom stereocenters. The average molecular weight is 286 g/mol. The predicted molar refractivity (Wildman–Crippen MR) is 75.6 cm³/mol. The number of urea groups is 1. The Morgan fingerprint density at radius 3 is 2.35 bits per heavy atom. The Bertz CT molecular complexity index is 316. The van der Waals surface area contributed by atoms with Crippen molar-refractivity contribution in [3.8, 4) is 0 Å². The second-order valence-electron chi connectivity index (χ2n) is 5.45. The van der Waals surface area contributed by atoms with E-state index in [0.29, 0.717) is 6.54 Å². The van der Waals surface area contributed by atoms with Crippen molar-refractivity contribution in [3.05, 3.63) is 0 Å². The molecule has 0 aromatic rings. The van der Waals surface area contributed by atoms with Crippen molar-refractivity contribution in [3.63, 3.8) is 0 Å². The molecule has 0 aliphatic heterocycles. The molecule has 2 amide bonds. The molecule has 1 aliphatic rings. The van der Waals surface area contributed by atoms with Gasteiger partial charge in [0.05, 0.1) is 0 Å². The maximum absolute atomic E-state index is 12.4. The van der Waals surface area contributed by atoms with Crippen LogP contribution in [0.4, 0.5) is 4.79 Å². The molecular weight excluding hydrogens is 260 g/mol. The molecule has 0 bridgehead atoms. The minimum atomic E-state index is -0.959. The number of carbonyl (C=O) groups excluding carboxylic acids is 1. The van der Waals surface area contributed by atoms with Crippen molar-refractivity contribution in [1.82, 2.24) is 9.80 Å². The molecule has 0 spiro atoms. The fourth-order valence-electron chi connectivity index (χ4n) is 2.67. The lowest BCUT2D eigenvalue weighted by molar-refractivity contribution is -0.138. The van der Waals surface area contributed by atoms with Crippen LogP contribution in [0.15, 0.2) is 0 Å². The average Bonchev–Trinajstić information content (AvgIpc) is 2.93. The SMILES string of the molecule is CN(CCCCCO)C(=O)N(CC(=O)O)C1CCCC1. The molecule has 0 heterocycles. The molecule has 116 valence electrons. The number of aliphatic hydroxyl groups excluding tert-OH is 1. The Labute approximate surface area is 120 Å². The normalized spacial score (nSPS) is 15.3. The van der Waals surface area contributed by atoms with Crippen LogP contribution < -0.4 is 0 Å². The maximum Gasteiger partial charge on any atom is 0.323 e. The molecule has 0 aromatic heterocycles. The van der Waals surface area contributed by atoms with Crippen LogP contribution in [0.3, 0.4) is 0 Å². The molecule has 0 aromatic carbocycles. The van der Waals surface area contributed by atoms with Gasteiger partial charge in [-0.3, -0.25) is 4.79 Å². The van der Waals surface area contributed by atoms with Gasteiger partial charge in [0.1, 0.15) is 6.54 Å². The first-order chi connectivity index (χ1) is 9.56. The highest BCUT2D eigenvalue weighted by atomic mass is 16.4. The first-order valence-electron chi connectivity index (χ1n) is 7.40. The van der Waals surface area contributed by atoms with Gasteiger partial charge in [0.25, 0.3) is 0 Å². The van der Waals surface area contributed by atoms with Gasteiger partial charge in [-0.05, 0) is 32.1 Å². The van der Waals surface area contributed by atoms with Crippen molar-refractivity contribution in [2.75, 3.05) is 26.7 Å². The highest BCUT2D eigenvalue weighted by Crippen LogP contribution is 2.24. The van der Waals surface area contributed by atoms with Gasteiger partial charge < -0.3 is 20.0 Å². The van der Waals surface area contributed by atoms with Crippen molar-refractivity contribution in [2.45, 2.75) is 51.0 Å². The van der Waals surface area contributed by atoms with Crippen LogP contribution in [0, 0.1) is 0 Å². The standard InChI is InChI=1S/C14H26N2O4/c1-15(9-5-2-6-10-17)14(20)16(11-13(18)19)12-7-3-4-8-12/h12,17H,2-11H2,1H3,(H,18,19). The van der Waals surface area contributed by atoms with Crippen LogP contribution in [0.2, 0.25) is 0 Å². The molecule has 6 heteroatoms. The zero-order valence-electron chi connectivity index (χ0n) is 12.3. The van der Waals surface area contributed by atoms with Crippen LogP contribution in [-0.2, 0) is 4.79 Å². The van der Waals surface area contributed by atoms with Crippen molar-refractivity contribution in [1.29, 1.82) is 0 Å². The number of nitrogens with zero attached hydrogens (tertiary/aromatic N) is 2. The van der Waals surface area contributed by atoms with Crippen LogP contribution >= 0.6 is 0 Å². The number of carboxylic acid groups (broad SMARTS) is 1. The van der Waals surface area contributed by atoms with Gasteiger partial charge in [-0.2, -0.15) is 0 Å². The molecule has 1 rings (SSSR count). The second kappa shape index (κ2) is 8.79. The number of hydrogen-bond donors (Lipinski definition) is 2. The lowest BCUT2D eigenvalue weighted by Gasteiger charge is -2.31. The first-order valence-corrected chi connectivity index (χ1v) is 7.40. The first kappa shape index (κ1) is 16.8. The van der Waals surface area contributed by atoms with Gasteiger partial charge in [-0.15, -0.1) is 0 Å². The molecule has 0 atom stereocenters. The number of aliphatic hydroxyl groups is 1. The van der Waals surface area contributed by atoms with Crippen molar-refractivity contribution >= 4 is 12.0 Å². The van der Waals surface area contributed by atoms with Crippen LogP contribution in [0.5, 0.6) is 0 Å². The number of aliphatic carboxylic acids is 1. The van der Waals surface area contributed by atoms with Gasteiger partial charge in [0.15, 0.2) is 0 Å². The number of unbranched alkanes of at least 4 members (excludes halogenated alkanes) is 2. The van der Waals surface area contributed by atoms with E-state index < -0.39 is 5.97 Å². The lowest BCUT2D eigenvalue weighted by atomic mass is 10.2. The number of amides is 2. The summed E-state index contributed by atoms with van der Waals surface area (Å²) in [6.07, 6.45) is 6.37. The topological polar surface area (TPSA) is 81.1 Å². The van der Waals surface area contributed by atoms with Gasteiger partial charge in [-0.1, -0.05) is 12.8 Å². The predicted octanol–water partition coefficient (Wildman–Crippen LogP) is 1.53. The monoisotopic (exact) mass is 286 g/mol. The molecule has 0 radical (unpaired) electrons.